The third-order valence-corrected chi connectivity index (χ3v) is 3.39. The summed E-state index contributed by atoms with van der Waals surface area (Å²) in [6, 6.07) is 4.91. The van der Waals surface area contributed by atoms with E-state index in [2.05, 4.69) is 13.8 Å². The zero-order valence-corrected chi connectivity index (χ0v) is 13.7. The lowest BCUT2D eigenvalue weighted by Gasteiger charge is -2.15. The van der Waals surface area contributed by atoms with Crippen LogP contribution in [0.4, 0.5) is 0 Å². The first kappa shape index (κ1) is 18.1. The van der Waals surface area contributed by atoms with Gasteiger partial charge in [-0.25, -0.2) is 4.79 Å². The first-order valence-corrected chi connectivity index (χ1v) is 7.86. The summed E-state index contributed by atoms with van der Waals surface area (Å²) < 4.78 is 10.5. The second-order valence-corrected chi connectivity index (χ2v) is 5.25. The van der Waals surface area contributed by atoms with Crippen molar-refractivity contribution < 1.29 is 19.4 Å². The summed E-state index contributed by atoms with van der Waals surface area (Å²) >= 11 is 0. The maximum atomic E-state index is 11.9. The molecule has 0 radical (unpaired) electrons. The molecule has 1 aromatic carbocycles. The molecule has 1 aromatic rings. The van der Waals surface area contributed by atoms with Crippen LogP contribution < -0.4 is 4.74 Å². The van der Waals surface area contributed by atoms with Gasteiger partial charge in [0.2, 0.25) is 0 Å². The molecular weight excluding hydrogens is 280 g/mol. The SMILES string of the molecule is CCCCC(CCC)OC(=O)/C=C/c1ccc(O)c(OC)c1. The molecule has 4 heteroatoms. The Kier molecular flexibility index (Phi) is 8.11. The number of ether oxygens (including phenoxy) is 2. The van der Waals surface area contributed by atoms with Crippen LogP contribution in [0.15, 0.2) is 24.3 Å². The number of hydrogen-bond acceptors (Lipinski definition) is 4. The fourth-order valence-corrected chi connectivity index (χ4v) is 2.18. The van der Waals surface area contributed by atoms with Crippen molar-refractivity contribution in [3.63, 3.8) is 0 Å². The Morgan fingerprint density at radius 2 is 2.05 bits per heavy atom. The van der Waals surface area contributed by atoms with E-state index in [1.807, 2.05) is 0 Å². The summed E-state index contributed by atoms with van der Waals surface area (Å²) in [4.78, 5) is 11.9. The minimum absolute atomic E-state index is 0.00328. The van der Waals surface area contributed by atoms with E-state index in [0.717, 1.165) is 37.7 Å². The number of hydrogen-bond donors (Lipinski definition) is 1. The number of rotatable bonds is 9. The molecule has 1 N–H and O–H groups in total. The van der Waals surface area contributed by atoms with Gasteiger partial charge in [-0.1, -0.05) is 39.2 Å². The number of esters is 1. The van der Waals surface area contributed by atoms with Crippen molar-refractivity contribution in [3.8, 4) is 11.5 Å². The number of benzene rings is 1. The Morgan fingerprint density at radius 3 is 2.68 bits per heavy atom. The molecule has 0 aliphatic carbocycles. The van der Waals surface area contributed by atoms with Crippen LogP contribution in [0.25, 0.3) is 6.08 Å². The minimum Gasteiger partial charge on any atom is -0.504 e. The Labute approximate surface area is 132 Å². The van der Waals surface area contributed by atoms with Crippen LogP contribution >= 0.6 is 0 Å². The minimum atomic E-state index is -0.332. The molecule has 0 aliphatic rings. The molecule has 0 heterocycles. The number of carbonyl (C=O) groups excluding carboxylic acids is 1. The second kappa shape index (κ2) is 9.87. The third kappa shape index (κ3) is 6.20. The standard InChI is InChI=1S/C18H26O4/c1-4-6-8-15(7-5-2)22-18(20)12-10-14-9-11-16(19)17(13-14)21-3/h9-13,15,19H,4-8H2,1-3H3/b12-10+. The predicted octanol–water partition coefficient (Wildman–Crippen LogP) is 4.32. The second-order valence-electron chi connectivity index (χ2n) is 5.25. The zero-order valence-electron chi connectivity index (χ0n) is 13.7. The van der Waals surface area contributed by atoms with Gasteiger partial charge in [0.25, 0.3) is 0 Å². The van der Waals surface area contributed by atoms with Gasteiger partial charge >= 0.3 is 5.97 Å². The van der Waals surface area contributed by atoms with Gasteiger partial charge in [-0.05, 0) is 36.6 Å². The van der Waals surface area contributed by atoms with Crippen molar-refractivity contribution in [3.05, 3.63) is 29.8 Å². The van der Waals surface area contributed by atoms with E-state index in [1.165, 1.54) is 19.3 Å². The highest BCUT2D eigenvalue weighted by Crippen LogP contribution is 2.26. The lowest BCUT2D eigenvalue weighted by Crippen LogP contribution is -2.16. The highest BCUT2D eigenvalue weighted by molar-refractivity contribution is 5.87. The molecule has 122 valence electrons. The van der Waals surface area contributed by atoms with E-state index in [0.29, 0.717) is 5.75 Å². The van der Waals surface area contributed by atoms with Crippen molar-refractivity contribution in [1.29, 1.82) is 0 Å². The first-order valence-electron chi connectivity index (χ1n) is 7.86. The Morgan fingerprint density at radius 1 is 1.27 bits per heavy atom. The van der Waals surface area contributed by atoms with E-state index in [4.69, 9.17) is 9.47 Å². The van der Waals surface area contributed by atoms with Crippen molar-refractivity contribution in [2.75, 3.05) is 7.11 Å². The zero-order chi connectivity index (χ0) is 16.4. The van der Waals surface area contributed by atoms with Crippen molar-refractivity contribution in [1.82, 2.24) is 0 Å². The molecular formula is C18H26O4. The highest BCUT2D eigenvalue weighted by Gasteiger charge is 2.11. The normalized spacial score (nSPS) is 12.3. The van der Waals surface area contributed by atoms with Crippen molar-refractivity contribution in [2.24, 2.45) is 0 Å². The monoisotopic (exact) mass is 306 g/mol. The Bertz CT molecular complexity index is 494. The lowest BCUT2D eigenvalue weighted by molar-refractivity contribution is -0.143. The van der Waals surface area contributed by atoms with Gasteiger partial charge in [-0.3, -0.25) is 0 Å². The summed E-state index contributed by atoms with van der Waals surface area (Å²) in [7, 11) is 1.49. The fraction of sp³-hybridized carbons (Fsp3) is 0.500. The first-order chi connectivity index (χ1) is 10.6. The topological polar surface area (TPSA) is 55.8 Å². The molecule has 0 amide bonds. The molecule has 0 fully saturated rings. The number of aromatic hydroxyl groups is 1. The number of unbranched alkanes of at least 4 members (excludes halogenated alkanes) is 1. The molecule has 1 rings (SSSR count). The summed E-state index contributed by atoms with van der Waals surface area (Å²) in [6.07, 6.45) is 8.05. The molecule has 22 heavy (non-hydrogen) atoms. The van der Waals surface area contributed by atoms with Gasteiger partial charge in [-0.2, -0.15) is 0 Å². The van der Waals surface area contributed by atoms with Crippen LogP contribution in [0.2, 0.25) is 0 Å². The Hall–Kier alpha value is -1.97. The number of carbonyl (C=O) groups is 1. The number of phenolic OH excluding ortho intramolecular Hbond substituents is 1. The molecule has 1 atom stereocenters. The average Bonchev–Trinajstić information content (AvgIpc) is 2.52. The van der Waals surface area contributed by atoms with Crippen LogP contribution in [-0.2, 0) is 9.53 Å². The van der Waals surface area contributed by atoms with Crippen LogP contribution in [0.3, 0.4) is 0 Å². The molecule has 0 spiro atoms. The number of phenols is 1. The van der Waals surface area contributed by atoms with Crippen molar-refractivity contribution >= 4 is 12.0 Å². The molecule has 4 nitrogen and oxygen atoms in total. The maximum Gasteiger partial charge on any atom is 0.331 e. The molecule has 0 aromatic heterocycles. The van der Waals surface area contributed by atoms with E-state index in [9.17, 15) is 9.90 Å². The number of methoxy groups -OCH3 is 1. The van der Waals surface area contributed by atoms with E-state index < -0.39 is 0 Å². The van der Waals surface area contributed by atoms with Gasteiger partial charge in [0, 0.05) is 6.08 Å². The van der Waals surface area contributed by atoms with E-state index in [1.54, 1.807) is 18.2 Å². The quantitative estimate of drug-likeness (QED) is 0.545. The van der Waals surface area contributed by atoms with Crippen LogP contribution in [0, 0.1) is 0 Å². The predicted molar refractivity (Wildman–Crippen MR) is 88.0 cm³/mol. The Balaban J connectivity index is 2.62. The lowest BCUT2D eigenvalue weighted by atomic mass is 10.1. The van der Waals surface area contributed by atoms with E-state index >= 15 is 0 Å². The summed E-state index contributed by atoms with van der Waals surface area (Å²) in [5, 5.41) is 9.53. The van der Waals surface area contributed by atoms with E-state index in [-0.39, 0.29) is 17.8 Å². The van der Waals surface area contributed by atoms with Gasteiger partial charge in [0.05, 0.1) is 7.11 Å². The molecule has 0 saturated heterocycles. The largest absolute Gasteiger partial charge is 0.504 e. The van der Waals surface area contributed by atoms with Crippen LogP contribution in [-0.4, -0.2) is 24.3 Å². The van der Waals surface area contributed by atoms with Crippen molar-refractivity contribution in [2.45, 2.75) is 52.1 Å². The van der Waals surface area contributed by atoms with Gasteiger partial charge < -0.3 is 14.6 Å². The average molecular weight is 306 g/mol. The molecule has 0 aliphatic heterocycles. The maximum absolute atomic E-state index is 11.9. The summed E-state index contributed by atoms with van der Waals surface area (Å²) in [6.45, 7) is 4.22. The molecule has 0 bridgehead atoms. The van der Waals surface area contributed by atoms with Gasteiger partial charge in [0.15, 0.2) is 11.5 Å². The molecule has 1 unspecified atom stereocenters. The highest BCUT2D eigenvalue weighted by atomic mass is 16.5. The smallest absolute Gasteiger partial charge is 0.331 e. The van der Waals surface area contributed by atoms with Gasteiger partial charge in [0.1, 0.15) is 6.10 Å². The summed E-state index contributed by atoms with van der Waals surface area (Å²) in [5.41, 5.74) is 0.771. The van der Waals surface area contributed by atoms with Gasteiger partial charge in [-0.15, -0.1) is 0 Å². The van der Waals surface area contributed by atoms with Crippen LogP contribution in [0.1, 0.15) is 51.5 Å². The molecule has 0 saturated carbocycles. The summed E-state index contributed by atoms with van der Waals surface area (Å²) in [5.74, 6) is 0.119. The fourth-order valence-electron chi connectivity index (χ4n) is 2.18. The van der Waals surface area contributed by atoms with Crippen LogP contribution in [0.5, 0.6) is 11.5 Å². The third-order valence-electron chi connectivity index (χ3n) is 3.39.